The van der Waals surface area contributed by atoms with E-state index < -0.39 is 10.9 Å². The number of nitro benzene ring substituents is 1. The smallest absolute Gasteiger partial charge is 0.343 e. The van der Waals surface area contributed by atoms with E-state index in [9.17, 15) is 14.9 Å². The molecule has 3 heterocycles. The summed E-state index contributed by atoms with van der Waals surface area (Å²) >= 11 is 0. The number of rotatable bonds is 8. The number of non-ortho nitro benzene ring substituents is 1. The molecule has 0 saturated carbocycles. The van der Waals surface area contributed by atoms with Crippen molar-refractivity contribution < 1.29 is 23.9 Å². The second kappa shape index (κ2) is 10.5. The van der Waals surface area contributed by atoms with Crippen LogP contribution in [0.1, 0.15) is 24.2 Å². The molecule has 0 amide bonds. The monoisotopic (exact) mass is 516 g/mol. The largest absolute Gasteiger partial charge is 0.486 e. The van der Waals surface area contributed by atoms with Crippen LogP contribution in [0.2, 0.25) is 0 Å². The van der Waals surface area contributed by atoms with Gasteiger partial charge in [0.25, 0.3) is 5.69 Å². The van der Waals surface area contributed by atoms with E-state index >= 15 is 0 Å². The number of pyridine rings is 1. The Hall–Kier alpha value is -4.44. The van der Waals surface area contributed by atoms with Crippen molar-refractivity contribution in [3.8, 4) is 22.8 Å². The highest BCUT2D eigenvalue weighted by atomic mass is 16.6. The molecule has 1 saturated heterocycles. The third-order valence-electron chi connectivity index (χ3n) is 6.80. The number of nitrogens with zero attached hydrogens (tertiary/aromatic N) is 3. The fourth-order valence-electron chi connectivity index (χ4n) is 4.63. The molecule has 1 fully saturated rings. The standard InChI is InChI=1S/C28H28N4O6/c1-17-18(2)31-13-12-22-24(27(31)29-17)30-23(19-8-5-4-6-9-19)26(25(22)37-15-14-36-3)38-28(33)20-10-7-11-21(16-20)32(34)35/h4-12,16-18,29H,13-15H2,1-3H3. The van der Waals surface area contributed by atoms with Crippen molar-refractivity contribution in [3.05, 3.63) is 80.8 Å². The molecule has 2 atom stereocenters. The van der Waals surface area contributed by atoms with Crippen LogP contribution in [0.3, 0.4) is 0 Å². The Balaban J connectivity index is 1.72. The lowest BCUT2D eigenvalue weighted by molar-refractivity contribution is -0.384. The summed E-state index contributed by atoms with van der Waals surface area (Å²) in [5.41, 5.74) is 0.990. The number of aromatic nitrogens is 1. The molecule has 1 N–H and O–H groups in total. The van der Waals surface area contributed by atoms with Crippen LogP contribution in [0.4, 0.5) is 5.69 Å². The van der Waals surface area contributed by atoms with Gasteiger partial charge in [0, 0.05) is 48.7 Å². The van der Waals surface area contributed by atoms with Crippen molar-refractivity contribution in [1.82, 2.24) is 15.2 Å². The van der Waals surface area contributed by atoms with Crippen LogP contribution in [0, 0.1) is 10.1 Å². The van der Waals surface area contributed by atoms with Gasteiger partial charge in [-0.1, -0.05) is 42.5 Å². The first-order chi connectivity index (χ1) is 18.4. The van der Waals surface area contributed by atoms with Crippen LogP contribution < -0.4 is 25.4 Å². The molecule has 0 radical (unpaired) electrons. The number of hydrogen-bond acceptors (Lipinski definition) is 9. The average molecular weight is 517 g/mol. The summed E-state index contributed by atoms with van der Waals surface area (Å²) in [6, 6.07) is 15.3. The van der Waals surface area contributed by atoms with E-state index in [0.29, 0.717) is 35.2 Å². The number of fused-ring (bicyclic) bond motifs is 2. The van der Waals surface area contributed by atoms with Gasteiger partial charge in [0.2, 0.25) is 0 Å². The third kappa shape index (κ3) is 4.66. The second-order valence-electron chi connectivity index (χ2n) is 9.16. The summed E-state index contributed by atoms with van der Waals surface area (Å²) in [6.07, 6.45) is 2.02. The van der Waals surface area contributed by atoms with Crippen molar-refractivity contribution in [2.75, 3.05) is 26.9 Å². The van der Waals surface area contributed by atoms with E-state index in [2.05, 4.69) is 24.1 Å². The van der Waals surface area contributed by atoms with Crippen LogP contribution in [0.15, 0.2) is 54.6 Å². The summed E-state index contributed by atoms with van der Waals surface area (Å²) in [7, 11) is 1.58. The molecule has 2 aliphatic rings. The Kier molecular flexibility index (Phi) is 6.97. The van der Waals surface area contributed by atoms with Crippen LogP contribution in [-0.2, 0) is 4.74 Å². The predicted molar refractivity (Wildman–Crippen MR) is 141 cm³/mol. The van der Waals surface area contributed by atoms with Crippen molar-refractivity contribution >= 4 is 23.6 Å². The summed E-state index contributed by atoms with van der Waals surface area (Å²) in [6.45, 7) is 5.46. The minimum atomic E-state index is -0.754. The van der Waals surface area contributed by atoms with Crippen LogP contribution >= 0.6 is 0 Å². The Labute approximate surface area is 219 Å². The van der Waals surface area contributed by atoms with Gasteiger partial charge < -0.3 is 24.4 Å². The molecule has 10 heteroatoms. The minimum Gasteiger partial charge on any atom is -0.486 e. The molecule has 2 aromatic carbocycles. The highest BCUT2D eigenvalue weighted by Crippen LogP contribution is 2.35. The Morgan fingerprint density at radius 2 is 1.92 bits per heavy atom. The van der Waals surface area contributed by atoms with Gasteiger partial charge in [-0.05, 0) is 19.9 Å². The lowest BCUT2D eigenvalue weighted by atomic mass is 10.1. The number of carbonyl (C=O) groups excluding carboxylic acids is 1. The number of carbonyl (C=O) groups is 1. The summed E-state index contributed by atoms with van der Waals surface area (Å²) < 4.78 is 17.3. The molecule has 2 aliphatic heterocycles. The highest BCUT2D eigenvalue weighted by Gasteiger charge is 2.34. The van der Waals surface area contributed by atoms with Crippen molar-refractivity contribution in [1.29, 1.82) is 0 Å². The van der Waals surface area contributed by atoms with Gasteiger partial charge in [-0.2, -0.15) is 0 Å². The zero-order chi connectivity index (χ0) is 26.8. The molecule has 10 nitrogen and oxygen atoms in total. The van der Waals surface area contributed by atoms with Crippen LogP contribution in [-0.4, -0.2) is 59.7 Å². The van der Waals surface area contributed by atoms with E-state index in [1.807, 2.05) is 36.4 Å². The first-order valence-electron chi connectivity index (χ1n) is 12.3. The summed E-state index contributed by atoms with van der Waals surface area (Å²) in [5, 5.41) is 16.2. The van der Waals surface area contributed by atoms with Gasteiger partial charge in [-0.3, -0.25) is 10.1 Å². The number of benzene rings is 2. The Morgan fingerprint density at radius 3 is 2.66 bits per heavy atom. The van der Waals surface area contributed by atoms with Gasteiger partial charge in [-0.25, -0.2) is 9.78 Å². The lowest BCUT2D eigenvalue weighted by Crippen LogP contribution is -2.44. The Bertz CT molecular complexity index is 1510. The normalized spacial score (nSPS) is 17.7. The molecule has 0 spiro atoms. The predicted octanol–water partition coefficient (Wildman–Crippen LogP) is 2.44. The zero-order valence-corrected chi connectivity index (χ0v) is 21.3. The number of hydrogen-bond donors (Lipinski definition) is 1. The molecule has 3 aromatic rings. The SMILES string of the molecule is COCCOc1c(OC(=O)c2cccc([N+](=O)[O-])c2)c(-c2ccccc2)nc2c1=CCN1C=2NC(C)C1C. The second-order valence-corrected chi connectivity index (χ2v) is 9.16. The number of nitro groups is 1. The third-order valence-corrected chi connectivity index (χ3v) is 6.80. The molecular formula is C28H28N4O6. The first-order valence-corrected chi connectivity index (χ1v) is 12.3. The minimum absolute atomic E-state index is 0.0448. The molecule has 38 heavy (non-hydrogen) atoms. The molecule has 2 unspecified atom stereocenters. The molecule has 5 rings (SSSR count). The van der Waals surface area contributed by atoms with Crippen LogP contribution in [0.25, 0.3) is 23.2 Å². The van der Waals surface area contributed by atoms with Crippen LogP contribution in [0.5, 0.6) is 11.5 Å². The number of esters is 1. The van der Waals surface area contributed by atoms with Gasteiger partial charge in [0.15, 0.2) is 11.5 Å². The fourth-order valence-corrected chi connectivity index (χ4v) is 4.63. The van der Waals surface area contributed by atoms with Crippen molar-refractivity contribution in [2.24, 2.45) is 0 Å². The van der Waals surface area contributed by atoms with Gasteiger partial charge in [0.05, 0.1) is 17.1 Å². The van der Waals surface area contributed by atoms with Gasteiger partial charge in [-0.15, -0.1) is 0 Å². The van der Waals surface area contributed by atoms with Gasteiger partial charge >= 0.3 is 5.97 Å². The topological polar surface area (TPSA) is 116 Å². The molecule has 196 valence electrons. The number of nitrogens with one attached hydrogen (secondary N) is 1. The quantitative estimate of drug-likeness (QED) is 0.209. The average Bonchev–Trinajstić information content (AvgIpc) is 3.23. The lowest BCUT2D eigenvalue weighted by Gasteiger charge is -2.26. The molecule has 1 aromatic heterocycles. The fraction of sp³-hybridized carbons (Fsp3) is 0.286. The maximum Gasteiger partial charge on any atom is 0.343 e. The Morgan fingerprint density at radius 1 is 1.13 bits per heavy atom. The van der Waals surface area contributed by atoms with Crippen molar-refractivity contribution in [2.45, 2.75) is 25.9 Å². The van der Waals surface area contributed by atoms with E-state index in [-0.39, 0.29) is 35.7 Å². The number of ether oxygens (including phenoxy) is 3. The first kappa shape index (κ1) is 25.2. The van der Waals surface area contributed by atoms with E-state index in [1.54, 1.807) is 7.11 Å². The maximum absolute atomic E-state index is 13.3. The van der Waals surface area contributed by atoms with E-state index in [1.165, 1.54) is 24.3 Å². The molecular weight excluding hydrogens is 488 g/mol. The van der Waals surface area contributed by atoms with Gasteiger partial charge in [0.1, 0.15) is 23.5 Å². The zero-order valence-electron chi connectivity index (χ0n) is 21.3. The highest BCUT2D eigenvalue weighted by molar-refractivity contribution is 5.93. The summed E-state index contributed by atoms with van der Waals surface area (Å²) in [4.78, 5) is 31.3. The molecule has 0 bridgehead atoms. The van der Waals surface area contributed by atoms with E-state index in [4.69, 9.17) is 19.2 Å². The van der Waals surface area contributed by atoms with Crippen molar-refractivity contribution in [3.63, 3.8) is 0 Å². The maximum atomic E-state index is 13.3. The number of methoxy groups -OCH3 is 1. The van der Waals surface area contributed by atoms with E-state index in [0.717, 1.165) is 11.4 Å². The summed E-state index contributed by atoms with van der Waals surface area (Å²) in [5.74, 6) is 0.654. The molecule has 0 aliphatic carbocycles.